The lowest BCUT2D eigenvalue weighted by Gasteiger charge is -2.34. The topological polar surface area (TPSA) is 120 Å². The molecule has 39 heavy (non-hydrogen) atoms. The molecule has 0 aromatic heterocycles. The van der Waals surface area contributed by atoms with Gasteiger partial charge in [0, 0.05) is 19.4 Å². The number of amides is 1. The zero-order valence-electron chi connectivity index (χ0n) is 24.9. The molecule has 9 atom stereocenters. The second kappa shape index (κ2) is 15.1. The monoisotopic (exact) mass is 549 g/mol. The molecule has 2 heterocycles. The first-order chi connectivity index (χ1) is 18.3. The van der Waals surface area contributed by atoms with Crippen molar-refractivity contribution in [2.45, 2.75) is 129 Å². The molecule has 8 heteroatoms. The Kier molecular flexibility index (Phi) is 12.9. The Labute approximate surface area is 234 Å². The predicted octanol–water partition coefficient (Wildman–Crippen LogP) is 4.08. The fourth-order valence-corrected chi connectivity index (χ4v) is 5.39. The van der Waals surface area contributed by atoms with E-state index in [4.69, 9.17) is 9.47 Å². The number of aliphatic hydroxyl groups excluding tert-OH is 2. The lowest BCUT2D eigenvalue weighted by Crippen LogP contribution is -2.44. The minimum atomic E-state index is -1.37. The maximum atomic E-state index is 13.2. The molecule has 2 rings (SSSR count). The smallest absolute Gasteiger partial charge is 0.303 e. The molecule has 1 saturated heterocycles. The molecule has 0 radical (unpaired) electrons. The average Bonchev–Trinajstić information content (AvgIpc) is 3.63. The van der Waals surface area contributed by atoms with Crippen LogP contribution in [0.2, 0.25) is 0 Å². The lowest BCUT2D eigenvalue weighted by atomic mass is 9.89. The van der Waals surface area contributed by atoms with Gasteiger partial charge in [-0.05, 0) is 64.9 Å². The maximum Gasteiger partial charge on any atom is 0.303 e. The lowest BCUT2D eigenvalue weighted by molar-refractivity contribution is -0.156. The Morgan fingerprint density at radius 3 is 2.62 bits per heavy atom. The van der Waals surface area contributed by atoms with E-state index in [2.05, 4.69) is 13.0 Å². The van der Waals surface area contributed by atoms with E-state index in [1.165, 1.54) is 6.92 Å². The fraction of sp³-hybridized carbons (Fsp3) is 0.742. The predicted molar refractivity (Wildman–Crippen MR) is 152 cm³/mol. The highest BCUT2D eigenvalue weighted by Gasteiger charge is 2.45. The van der Waals surface area contributed by atoms with Crippen LogP contribution in [-0.2, 0) is 19.1 Å². The van der Waals surface area contributed by atoms with Crippen molar-refractivity contribution in [3.8, 4) is 0 Å². The maximum absolute atomic E-state index is 13.2. The summed E-state index contributed by atoms with van der Waals surface area (Å²) in [7, 11) is 0. The highest BCUT2D eigenvalue weighted by atomic mass is 16.6. The molecule has 0 spiro atoms. The van der Waals surface area contributed by atoms with Crippen LogP contribution in [0.5, 0.6) is 0 Å². The summed E-state index contributed by atoms with van der Waals surface area (Å²) in [6.45, 7) is 13.4. The Hall–Kier alpha value is -2.00. The average molecular weight is 550 g/mol. The number of carbonyl (C=O) groups excluding carboxylic acids is 2. The van der Waals surface area contributed by atoms with Crippen LogP contribution in [-0.4, -0.2) is 80.8 Å². The van der Waals surface area contributed by atoms with Gasteiger partial charge in [-0.2, -0.15) is 0 Å². The van der Waals surface area contributed by atoms with Crippen LogP contribution in [0.3, 0.4) is 0 Å². The minimum Gasteiger partial charge on any atom is -0.455 e. The van der Waals surface area contributed by atoms with Gasteiger partial charge in [0.05, 0.1) is 36.9 Å². The van der Waals surface area contributed by atoms with E-state index in [9.17, 15) is 24.9 Å². The number of hydrogen-bond acceptors (Lipinski definition) is 7. The van der Waals surface area contributed by atoms with E-state index in [1.807, 2.05) is 45.9 Å². The number of allylic oxidation sites excluding steroid dienone is 3. The van der Waals surface area contributed by atoms with Gasteiger partial charge in [-0.1, -0.05) is 50.6 Å². The van der Waals surface area contributed by atoms with Gasteiger partial charge in [-0.25, -0.2) is 0 Å². The molecule has 0 aromatic rings. The number of epoxide rings is 1. The van der Waals surface area contributed by atoms with Crippen molar-refractivity contribution in [1.29, 1.82) is 0 Å². The molecule has 8 nitrogen and oxygen atoms in total. The van der Waals surface area contributed by atoms with Crippen LogP contribution < -0.4 is 0 Å². The number of nitrogens with zero attached hydrogens (tertiary/aromatic N) is 1. The molecule has 9 unspecified atom stereocenters. The van der Waals surface area contributed by atoms with Gasteiger partial charge in [0.15, 0.2) is 0 Å². The van der Waals surface area contributed by atoms with Crippen molar-refractivity contribution in [1.82, 2.24) is 4.90 Å². The number of rotatable bonds is 10. The molecule has 1 amide bonds. The van der Waals surface area contributed by atoms with Crippen molar-refractivity contribution in [2.24, 2.45) is 11.8 Å². The van der Waals surface area contributed by atoms with E-state index in [0.717, 1.165) is 18.4 Å². The number of esters is 1. The fourth-order valence-electron chi connectivity index (χ4n) is 5.39. The van der Waals surface area contributed by atoms with Crippen molar-refractivity contribution >= 4 is 11.9 Å². The largest absolute Gasteiger partial charge is 0.455 e. The van der Waals surface area contributed by atoms with Crippen molar-refractivity contribution < 1.29 is 34.4 Å². The van der Waals surface area contributed by atoms with E-state index in [-0.39, 0.29) is 61.4 Å². The number of aliphatic hydroxyl groups is 3. The van der Waals surface area contributed by atoms with Crippen molar-refractivity contribution in [3.63, 3.8) is 0 Å². The summed E-state index contributed by atoms with van der Waals surface area (Å²) in [5, 5.41) is 31.6. The molecule has 0 saturated carbocycles. The molecule has 2 aliphatic heterocycles. The highest BCUT2D eigenvalue weighted by molar-refractivity contribution is 5.77. The summed E-state index contributed by atoms with van der Waals surface area (Å²) >= 11 is 0. The molecule has 0 bridgehead atoms. The standard InChI is InChI=1S/C31H51NO7/c1-8-26(35)22(5)30-27(39-30)18-20(3)12-10-13-21(4)25-14-11-15-28(38-23(6)33)31(7,37)17-16-24(34)19-29(36)32(25)9-2/h10-13,15,20,22,24-28,30,34-35,37H,8-9,14,16-19H2,1-7H3/b12-10+,15-11+,21-13+. The van der Waals surface area contributed by atoms with Gasteiger partial charge in [0.25, 0.3) is 0 Å². The SMILES string of the molecule is CCC(O)C(C)C1OC1CC(C)/C=C/C=C(\C)C1C/C=C/C(OC(C)=O)C(C)(O)CCC(O)CC(=O)N1CC. The van der Waals surface area contributed by atoms with Crippen LogP contribution in [0.4, 0.5) is 0 Å². The minimum absolute atomic E-state index is 0.0315. The molecular weight excluding hydrogens is 498 g/mol. The third kappa shape index (κ3) is 10.2. The highest BCUT2D eigenvalue weighted by Crippen LogP contribution is 2.36. The number of likely N-dealkylation sites (N-methyl/N-ethyl adjacent to an activating group) is 1. The zero-order chi connectivity index (χ0) is 29.3. The first kappa shape index (κ1) is 33.2. The van der Waals surface area contributed by atoms with Crippen LogP contribution in [0.15, 0.2) is 36.0 Å². The molecule has 0 aromatic carbocycles. The van der Waals surface area contributed by atoms with Crippen molar-refractivity contribution in [2.75, 3.05) is 6.54 Å². The summed E-state index contributed by atoms with van der Waals surface area (Å²) in [6, 6.07) is -0.249. The van der Waals surface area contributed by atoms with Crippen LogP contribution in [0, 0.1) is 11.8 Å². The Morgan fingerprint density at radius 2 is 2.00 bits per heavy atom. The Balaban J connectivity index is 2.17. The van der Waals surface area contributed by atoms with Crippen LogP contribution in [0.1, 0.15) is 87.0 Å². The van der Waals surface area contributed by atoms with Gasteiger partial charge in [0.1, 0.15) is 11.7 Å². The molecule has 2 aliphatic rings. The Bertz CT molecular complexity index is 895. The number of ether oxygens (including phenoxy) is 2. The summed E-state index contributed by atoms with van der Waals surface area (Å²) in [4.78, 5) is 26.6. The second-order valence-electron chi connectivity index (χ2n) is 11.6. The Morgan fingerprint density at radius 1 is 1.31 bits per heavy atom. The van der Waals surface area contributed by atoms with Gasteiger partial charge in [-0.3, -0.25) is 9.59 Å². The van der Waals surface area contributed by atoms with E-state index < -0.39 is 23.8 Å². The van der Waals surface area contributed by atoms with Gasteiger partial charge in [0.2, 0.25) is 5.91 Å². The van der Waals surface area contributed by atoms with Crippen LogP contribution >= 0.6 is 0 Å². The summed E-state index contributed by atoms with van der Waals surface area (Å²) in [5.41, 5.74) is -0.382. The molecule has 1 fully saturated rings. The van der Waals surface area contributed by atoms with Gasteiger partial charge < -0.3 is 29.7 Å². The normalized spacial score (nSPS) is 34.1. The molecule has 0 aliphatic carbocycles. The first-order valence-electron chi connectivity index (χ1n) is 14.5. The van der Waals surface area contributed by atoms with E-state index in [0.29, 0.717) is 13.0 Å². The first-order valence-corrected chi connectivity index (χ1v) is 14.5. The second-order valence-corrected chi connectivity index (χ2v) is 11.6. The van der Waals surface area contributed by atoms with Gasteiger partial charge >= 0.3 is 5.97 Å². The van der Waals surface area contributed by atoms with Crippen molar-refractivity contribution in [3.05, 3.63) is 36.0 Å². The molecule has 222 valence electrons. The van der Waals surface area contributed by atoms with Gasteiger partial charge in [-0.15, -0.1) is 0 Å². The molecule has 3 N–H and O–H groups in total. The van der Waals surface area contributed by atoms with E-state index >= 15 is 0 Å². The summed E-state index contributed by atoms with van der Waals surface area (Å²) < 4.78 is 11.2. The number of hydrogen-bond donors (Lipinski definition) is 3. The summed E-state index contributed by atoms with van der Waals surface area (Å²) in [6.07, 6.45) is 10.4. The summed E-state index contributed by atoms with van der Waals surface area (Å²) in [5.74, 6) is -0.205. The van der Waals surface area contributed by atoms with Crippen LogP contribution in [0.25, 0.3) is 0 Å². The quantitative estimate of drug-likeness (QED) is 0.163. The number of carbonyl (C=O) groups is 2. The zero-order valence-corrected chi connectivity index (χ0v) is 24.9. The van der Waals surface area contributed by atoms with E-state index in [1.54, 1.807) is 17.9 Å². The molecular formula is C31H51NO7. The third-order valence-electron chi connectivity index (χ3n) is 8.10. The third-order valence-corrected chi connectivity index (χ3v) is 8.10.